The largest absolute Gasteiger partial charge is 0.486 e. The van der Waals surface area contributed by atoms with Crippen LogP contribution in [0.25, 0.3) is 0 Å². The van der Waals surface area contributed by atoms with Crippen LogP contribution in [0.5, 0.6) is 5.75 Å². The first-order chi connectivity index (χ1) is 12.1. The highest BCUT2D eigenvalue weighted by atomic mass is 16.5. The summed E-state index contributed by atoms with van der Waals surface area (Å²) in [7, 11) is 1.96. The number of nitrogens with one attached hydrogen (secondary N) is 1. The Morgan fingerprint density at radius 1 is 1.12 bits per heavy atom. The molecule has 1 aromatic carbocycles. The van der Waals surface area contributed by atoms with Gasteiger partial charge in [-0.2, -0.15) is 5.10 Å². The number of benzene rings is 1. The second kappa shape index (κ2) is 7.98. The molecule has 0 spiro atoms. The molecule has 0 saturated heterocycles. The van der Waals surface area contributed by atoms with Crippen LogP contribution >= 0.6 is 0 Å². The van der Waals surface area contributed by atoms with E-state index in [-0.39, 0.29) is 0 Å². The normalized spacial score (nSPS) is 13.6. The van der Waals surface area contributed by atoms with Gasteiger partial charge in [0, 0.05) is 44.4 Å². The third-order valence-corrected chi connectivity index (χ3v) is 4.51. The first-order valence-corrected chi connectivity index (χ1v) is 8.54. The van der Waals surface area contributed by atoms with Gasteiger partial charge in [0.05, 0.1) is 6.04 Å². The summed E-state index contributed by atoms with van der Waals surface area (Å²) >= 11 is 0. The second-order valence-corrected chi connectivity index (χ2v) is 6.28. The van der Waals surface area contributed by atoms with E-state index in [9.17, 15) is 0 Å². The van der Waals surface area contributed by atoms with Gasteiger partial charge in [-0.25, -0.2) is 4.98 Å². The zero-order chi connectivity index (χ0) is 17.6. The minimum atomic E-state index is 0.301. The molecular weight excluding hydrogens is 314 g/mol. The standard InChI is InChI=1S/C19H25N5O/c1-15(16(2)24-11-4-9-22-24)21-13-17-5-7-18(8-6-17)25-14-19-20-10-12-23(19)3/h4-12,15-16,21H,13-14H2,1-3H3/t15-,16-/m1/s1. The van der Waals surface area contributed by atoms with Gasteiger partial charge in [0.25, 0.3) is 0 Å². The van der Waals surface area contributed by atoms with Gasteiger partial charge in [0.2, 0.25) is 0 Å². The van der Waals surface area contributed by atoms with Gasteiger partial charge in [0.1, 0.15) is 18.2 Å². The van der Waals surface area contributed by atoms with Crippen LogP contribution in [0, 0.1) is 0 Å². The van der Waals surface area contributed by atoms with Crippen LogP contribution in [0.3, 0.4) is 0 Å². The van der Waals surface area contributed by atoms with Crippen molar-refractivity contribution in [3.05, 3.63) is 66.5 Å². The second-order valence-electron chi connectivity index (χ2n) is 6.28. The number of aromatic nitrogens is 4. The lowest BCUT2D eigenvalue weighted by Gasteiger charge is -2.22. The van der Waals surface area contributed by atoms with Gasteiger partial charge in [-0.15, -0.1) is 0 Å². The highest BCUT2D eigenvalue weighted by Gasteiger charge is 2.13. The molecular formula is C19H25N5O. The zero-order valence-corrected chi connectivity index (χ0v) is 15.0. The van der Waals surface area contributed by atoms with Crippen LogP contribution in [-0.4, -0.2) is 25.4 Å². The fourth-order valence-corrected chi connectivity index (χ4v) is 2.59. The lowest BCUT2D eigenvalue weighted by Crippen LogP contribution is -2.33. The van der Waals surface area contributed by atoms with Crippen molar-refractivity contribution in [2.75, 3.05) is 0 Å². The molecule has 0 saturated carbocycles. The summed E-state index contributed by atoms with van der Waals surface area (Å²) in [6, 6.07) is 10.8. The van der Waals surface area contributed by atoms with Gasteiger partial charge in [-0.1, -0.05) is 12.1 Å². The van der Waals surface area contributed by atoms with Crippen molar-refractivity contribution in [2.45, 2.75) is 39.1 Å². The van der Waals surface area contributed by atoms with Gasteiger partial charge >= 0.3 is 0 Å². The van der Waals surface area contributed by atoms with Crippen molar-refractivity contribution >= 4 is 0 Å². The Bertz CT molecular complexity index is 763. The lowest BCUT2D eigenvalue weighted by atomic mass is 10.1. The fourth-order valence-electron chi connectivity index (χ4n) is 2.59. The van der Waals surface area contributed by atoms with Crippen molar-refractivity contribution in [3.63, 3.8) is 0 Å². The number of hydrogen-bond donors (Lipinski definition) is 1. The van der Waals surface area contributed by atoms with Crippen molar-refractivity contribution in [2.24, 2.45) is 7.05 Å². The number of imidazole rings is 1. The summed E-state index contributed by atoms with van der Waals surface area (Å²) in [5.41, 5.74) is 1.23. The summed E-state index contributed by atoms with van der Waals surface area (Å²) in [4.78, 5) is 4.26. The number of hydrogen-bond acceptors (Lipinski definition) is 4. The Kier molecular flexibility index (Phi) is 5.50. The van der Waals surface area contributed by atoms with Crippen LogP contribution in [0.15, 0.2) is 55.1 Å². The minimum absolute atomic E-state index is 0.301. The topological polar surface area (TPSA) is 56.9 Å². The highest BCUT2D eigenvalue weighted by Crippen LogP contribution is 2.15. The van der Waals surface area contributed by atoms with Crippen LogP contribution in [0.2, 0.25) is 0 Å². The molecule has 3 aromatic rings. The SMILES string of the molecule is C[C@H]([C@@H](C)NCc1ccc(OCc2nccn2C)cc1)n1cccn1. The molecule has 132 valence electrons. The van der Waals surface area contributed by atoms with E-state index in [4.69, 9.17) is 4.74 Å². The van der Waals surface area contributed by atoms with Crippen molar-refractivity contribution in [3.8, 4) is 5.75 Å². The zero-order valence-electron chi connectivity index (χ0n) is 15.0. The molecule has 0 fully saturated rings. The Morgan fingerprint density at radius 3 is 2.56 bits per heavy atom. The smallest absolute Gasteiger partial charge is 0.146 e. The average Bonchev–Trinajstić information content (AvgIpc) is 3.30. The predicted octanol–water partition coefficient (Wildman–Crippen LogP) is 2.93. The molecule has 6 nitrogen and oxygen atoms in total. The summed E-state index contributed by atoms with van der Waals surface area (Å²) in [5.74, 6) is 1.76. The molecule has 2 atom stereocenters. The van der Waals surface area contributed by atoms with E-state index in [0.29, 0.717) is 18.7 Å². The fraction of sp³-hybridized carbons (Fsp3) is 0.368. The van der Waals surface area contributed by atoms with Crippen LogP contribution < -0.4 is 10.1 Å². The van der Waals surface area contributed by atoms with Gasteiger partial charge in [-0.05, 0) is 37.6 Å². The average molecular weight is 339 g/mol. The molecule has 0 bridgehead atoms. The maximum atomic E-state index is 5.78. The van der Waals surface area contributed by atoms with E-state index in [1.54, 1.807) is 6.20 Å². The summed E-state index contributed by atoms with van der Waals surface area (Å²) in [5, 5.41) is 7.86. The first-order valence-electron chi connectivity index (χ1n) is 8.54. The van der Waals surface area contributed by atoms with Crippen LogP contribution in [0.4, 0.5) is 0 Å². The van der Waals surface area contributed by atoms with Crippen LogP contribution in [0.1, 0.15) is 31.3 Å². The Balaban J connectivity index is 1.48. The van der Waals surface area contributed by atoms with Gasteiger partial charge < -0.3 is 14.6 Å². The van der Waals surface area contributed by atoms with Crippen LogP contribution in [-0.2, 0) is 20.2 Å². The molecule has 3 rings (SSSR count). The molecule has 0 aliphatic rings. The Labute approximate surface area is 148 Å². The lowest BCUT2D eigenvalue weighted by molar-refractivity contribution is 0.291. The maximum Gasteiger partial charge on any atom is 0.146 e. The third kappa shape index (κ3) is 4.48. The molecule has 0 amide bonds. The van der Waals surface area contributed by atoms with E-state index in [0.717, 1.165) is 18.1 Å². The van der Waals surface area contributed by atoms with Crippen molar-refractivity contribution < 1.29 is 4.74 Å². The van der Waals surface area contributed by atoms with E-state index >= 15 is 0 Å². The highest BCUT2D eigenvalue weighted by molar-refractivity contribution is 5.27. The van der Waals surface area contributed by atoms with Crippen molar-refractivity contribution in [1.29, 1.82) is 0 Å². The summed E-state index contributed by atoms with van der Waals surface area (Å²) < 4.78 is 9.72. The predicted molar refractivity (Wildman–Crippen MR) is 97.2 cm³/mol. The van der Waals surface area contributed by atoms with E-state index < -0.39 is 0 Å². The minimum Gasteiger partial charge on any atom is -0.486 e. The monoisotopic (exact) mass is 339 g/mol. The molecule has 2 aromatic heterocycles. The molecule has 0 radical (unpaired) electrons. The molecule has 2 heterocycles. The number of ether oxygens (including phenoxy) is 1. The number of aryl methyl sites for hydroxylation is 1. The molecule has 0 unspecified atom stereocenters. The summed E-state index contributed by atoms with van der Waals surface area (Å²) in [6.07, 6.45) is 7.50. The third-order valence-electron chi connectivity index (χ3n) is 4.51. The Morgan fingerprint density at radius 2 is 1.92 bits per heavy atom. The first kappa shape index (κ1) is 17.2. The molecule has 25 heavy (non-hydrogen) atoms. The summed E-state index contributed by atoms with van der Waals surface area (Å²) in [6.45, 7) is 5.63. The molecule has 6 heteroatoms. The van der Waals surface area contributed by atoms with Gasteiger partial charge in [-0.3, -0.25) is 4.68 Å². The number of rotatable bonds is 8. The molecule has 0 aliphatic heterocycles. The Hall–Kier alpha value is -2.60. The van der Waals surface area contributed by atoms with E-state index in [1.165, 1.54) is 5.56 Å². The maximum absolute atomic E-state index is 5.78. The van der Waals surface area contributed by atoms with E-state index in [1.807, 2.05) is 53.1 Å². The van der Waals surface area contributed by atoms with Gasteiger partial charge in [0.15, 0.2) is 0 Å². The quantitative estimate of drug-likeness (QED) is 0.685. The van der Waals surface area contributed by atoms with Crippen molar-refractivity contribution in [1.82, 2.24) is 24.6 Å². The molecule has 0 aliphatic carbocycles. The number of nitrogens with zero attached hydrogens (tertiary/aromatic N) is 4. The molecule has 1 N–H and O–H groups in total. The van der Waals surface area contributed by atoms with E-state index in [2.05, 4.69) is 41.4 Å².